The number of nitrogens with two attached hydrogens (primary N) is 1. The van der Waals surface area contributed by atoms with E-state index in [9.17, 15) is 4.79 Å². The Hall–Kier alpha value is -2.53. The smallest absolute Gasteiger partial charge is 0.237 e. The van der Waals surface area contributed by atoms with Crippen LogP contribution < -0.4 is 20.7 Å². The minimum absolute atomic E-state index is 0.0813. The average molecular weight is 454 g/mol. The molecule has 0 saturated heterocycles. The standard InChI is InChI=1S/C28H43N3O2/c1-21(2)16-17-31(20-28(5,6)30-27(32)26(29)18-22(3)4)24-12-14-25(15-13-24)33-19-23-10-8-7-9-11-23/h7-15,21-22,26H,16-20,29H2,1-6H3,(H,30,32). The second-order valence-electron chi connectivity index (χ2n) is 10.5. The zero-order valence-corrected chi connectivity index (χ0v) is 21.3. The first-order valence-electron chi connectivity index (χ1n) is 12.1. The molecule has 0 aliphatic heterocycles. The number of benzene rings is 2. The van der Waals surface area contributed by atoms with Crippen LogP contribution in [0.2, 0.25) is 0 Å². The van der Waals surface area contributed by atoms with Crippen molar-refractivity contribution in [1.82, 2.24) is 5.32 Å². The summed E-state index contributed by atoms with van der Waals surface area (Å²) in [7, 11) is 0. The van der Waals surface area contributed by atoms with Crippen LogP contribution in [0.25, 0.3) is 0 Å². The molecule has 5 nitrogen and oxygen atoms in total. The molecule has 5 heteroatoms. The average Bonchev–Trinajstić information content (AvgIpc) is 2.75. The van der Waals surface area contributed by atoms with E-state index < -0.39 is 11.6 Å². The molecular formula is C28H43N3O2. The van der Waals surface area contributed by atoms with Crippen LogP contribution in [0.4, 0.5) is 5.69 Å². The summed E-state index contributed by atoms with van der Waals surface area (Å²) in [6, 6.07) is 17.9. The van der Waals surface area contributed by atoms with Crippen molar-refractivity contribution in [2.75, 3.05) is 18.0 Å². The molecule has 0 bridgehead atoms. The first-order chi connectivity index (χ1) is 15.6. The molecule has 0 saturated carbocycles. The Kier molecular flexibility index (Phi) is 10.2. The van der Waals surface area contributed by atoms with E-state index in [2.05, 4.69) is 76.0 Å². The number of carbonyl (C=O) groups is 1. The van der Waals surface area contributed by atoms with Crippen molar-refractivity contribution in [3.63, 3.8) is 0 Å². The molecule has 0 fully saturated rings. The molecule has 0 spiro atoms. The molecule has 2 rings (SSSR count). The highest BCUT2D eigenvalue weighted by molar-refractivity contribution is 5.82. The molecule has 0 aliphatic rings. The van der Waals surface area contributed by atoms with E-state index in [1.54, 1.807) is 0 Å². The van der Waals surface area contributed by atoms with Gasteiger partial charge in [-0.05, 0) is 68.4 Å². The van der Waals surface area contributed by atoms with Gasteiger partial charge in [0.05, 0.1) is 11.6 Å². The van der Waals surface area contributed by atoms with Gasteiger partial charge in [0.2, 0.25) is 5.91 Å². The van der Waals surface area contributed by atoms with Crippen LogP contribution in [-0.2, 0) is 11.4 Å². The maximum atomic E-state index is 12.6. The maximum absolute atomic E-state index is 12.6. The van der Waals surface area contributed by atoms with E-state index in [1.807, 2.05) is 30.3 Å². The first kappa shape index (κ1) is 26.7. The zero-order chi connectivity index (χ0) is 24.4. The van der Waals surface area contributed by atoms with Crippen LogP contribution >= 0.6 is 0 Å². The minimum Gasteiger partial charge on any atom is -0.489 e. The van der Waals surface area contributed by atoms with E-state index in [-0.39, 0.29) is 5.91 Å². The lowest BCUT2D eigenvalue weighted by atomic mass is 9.99. The fourth-order valence-corrected chi connectivity index (χ4v) is 3.77. The lowest BCUT2D eigenvalue weighted by molar-refractivity contribution is -0.124. The molecule has 0 aromatic heterocycles. The molecule has 182 valence electrons. The van der Waals surface area contributed by atoms with Crippen LogP contribution in [0.15, 0.2) is 54.6 Å². The molecule has 1 atom stereocenters. The molecule has 2 aromatic carbocycles. The van der Waals surface area contributed by atoms with Gasteiger partial charge in [-0.25, -0.2) is 0 Å². The molecule has 1 unspecified atom stereocenters. The van der Waals surface area contributed by atoms with E-state index >= 15 is 0 Å². The van der Waals surface area contributed by atoms with Crippen LogP contribution in [0.3, 0.4) is 0 Å². The summed E-state index contributed by atoms with van der Waals surface area (Å²) in [5.41, 5.74) is 7.97. The molecule has 33 heavy (non-hydrogen) atoms. The normalized spacial score (nSPS) is 12.6. The number of amides is 1. The zero-order valence-electron chi connectivity index (χ0n) is 21.3. The van der Waals surface area contributed by atoms with Gasteiger partial charge in [0.15, 0.2) is 0 Å². The lowest BCUT2D eigenvalue weighted by Crippen LogP contribution is -2.56. The third-order valence-corrected chi connectivity index (χ3v) is 5.54. The van der Waals surface area contributed by atoms with Crippen molar-refractivity contribution < 1.29 is 9.53 Å². The van der Waals surface area contributed by atoms with Crippen LogP contribution in [0, 0.1) is 11.8 Å². The van der Waals surface area contributed by atoms with Crippen molar-refractivity contribution in [1.29, 1.82) is 0 Å². The largest absolute Gasteiger partial charge is 0.489 e. The van der Waals surface area contributed by atoms with E-state index in [0.29, 0.717) is 31.4 Å². The van der Waals surface area contributed by atoms with Gasteiger partial charge in [-0.1, -0.05) is 58.0 Å². The highest BCUT2D eigenvalue weighted by Gasteiger charge is 2.27. The van der Waals surface area contributed by atoms with Gasteiger partial charge < -0.3 is 20.7 Å². The van der Waals surface area contributed by atoms with Gasteiger partial charge in [0, 0.05) is 18.8 Å². The number of rotatable bonds is 13. The third kappa shape index (κ3) is 9.87. The Morgan fingerprint density at radius 2 is 1.64 bits per heavy atom. The van der Waals surface area contributed by atoms with Crippen molar-refractivity contribution in [2.45, 2.75) is 72.6 Å². The summed E-state index contributed by atoms with van der Waals surface area (Å²) in [5.74, 6) is 1.75. The van der Waals surface area contributed by atoms with Crippen molar-refractivity contribution in [3.8, 4) is 5.75 Å². The number of nitrogens with one attached hydrogen (secondary N) is 1. The molecule has 0 heterocycles. The number of hydrogen-bond donors (Lipinski definition) is 2. The Bertz CT molecular complexity index is 832. The fourth-order valence-electron chi connectivity index (χ4n) is 3.77. The molecular weight excluding hydrogens is 410 g/mol. The summed E-state index contributed by atoms with van der Waals surface area (Å²) >= 11 is 0. The number of nitrogens with zero attached hydrogens (tertiary/aromatic N) is 1. The topological polar surface area (TPSA) is 67.6 Å². The van der Waals surface area contributed by atoms with Gasteiger partial charge >= 0.3 is 0 Å². The summed E-state index contributed by atoms with van der Waals surface area (Å²) in [6.07, 6.45) is 1.76. The van der Waals surface area contributed by atoms with Crippen LogP contribution in [0.5, 0.6) is 5.75 Å². The predicted molar refractivity (Wildman–Crippen MR) is 139 cm³/mol. The number of ether oxygens (including phenoxy) is 1. The SMILES string of the molecule is CC(C)CCN(CC(C)(C)NC(=O)C(N)CC(C)C)c1ccc(OCc2ccccc2)cc1. The van der Waals surface area contributed by atoms with Crippen molar-refractivity contribution in [2.24, 2.45) is 17.6 Å². The molecule has 3 N–H and O–H groups in total. The Morgan fingerprint density at radius 1 is 1.00 bits per heavy atom. The quantitative estimate of drug-likeness (QED) is 0.427. The summed E-state index contributed by atoms with van der Waals surface area (Å²) in [4.78, 5) is 15.0. The second kappa shape index (κ2) is 12.6. The number of carbonyl (C=O) groups excluding carboxylic acids is 1. The van der Waals surface area contributed by atoms with Crippen LogP contribution in [0.1, 0.15) is 59.9 Å². The monoisotopic (exact) mass is 453 g/mol. The maximum Gasteiger partial charge on any atom is 0.237 e. The van der Waals surface area contributed by atoms with Crippen LogP contribution in [-0.4, -0.2) is 30.6 Å². The number of hydrogen-bond acceptors (Lipinski definition) is 4. The van der Waals surface area contributed by atoms with Gasteiger partial charge in [-0.2, -0.15) is 0 Å². The highest BCUT2D eigenvalue weighted by atomic mass is 16.5. The fraction of sp³-hybridized carbons (Fsp3) is 0.536. The van der Waals surface area contributed by atoms with E-state index in [4.69, 9.17) is 10.5 Å². The van der Waals surface area contributed by atoms with Gasteiger partial charge in [-0.15, -0.1) is 0 Å². The van der Waals surface area contributed by atoms with Gasteiger partial charge in [-0.3, -0.25) is 4.79 Å². The van der Waals surface area contributed by atoms with Gasteiger partial charge in [0.1, 0.15) is 12.4 Å². The summed E-state index contributed by atoms with van der Waals surface area (Å²) in [5, 5.41) is 3.17. The Balaban J connectivity index is 2.05. The first-order valence-corrected chi connectivity index (χ1v) is 12.1. The highest BCUT2D eigenvalue weighted by Crippen LogP contribution is 2.23. The van der Waals surface area contributed by atoms with E-state index in [1.165, 1.54) is 0 Å². The molecule has 1 amide bonds. The summed E-state index contributed by atoms with van der Waals surface area (Å²) < 4.78 is 5.95. The second-order valence-corrected chi connectivity index (χ2v) is 10.5. The number of anilines is 1. The minimum atomic E-state index is -0.477. The molecule has 0 aliphatic carbocycles. The Morgan fingerprint density at radius 3 is 2.21 bits per heavy atom. The third-order valence-electron chi connectivity index (χ3n) is 5.54. The molecule has 0 radical (unpaired) electrons. The predicted octanol–water partition coefficient (Wildman–Crippen LogP) is 5.39. The lowest BCUT2D eigenvalue weighted by Gasteiger charge is -2.36. The van der Waals surface area contributed by atoms with Crippen molar-refractivity contribution >= 4 is 11.6 Å². The Labute approximate surface area is 200 Å². The van der Waals surface area contributed by atoms with E-state index in [0.717, 1.165) is 30.0 Å². The van der Waals surface area contributed by atoms with Crippen molar-refractivity contribution in [3.05, 3.63) is 60.2 Å². The molecule has 2 aromatic rings. The van der Waals surface area contributed by atoms with Gasteiger partial charge in [0.25, 0.3) is 0 Å². The summed E-state index contributed by atoms with van der Waals surface area (Å²) in [6.45, 7) is 14.9.